The number of hydrogen-bond acceptors (Lipinski definition) is 5. The van der Waals surface area contributed by atoms with Gasteiger partial charge in [-0.3, -0.25) is 9.79 Å². The summed E-state index contributed by atoms with van der Waals surface area (Å²) in [7, 11) is 1.44. The topological polar surface area (TPSA) is 74.9 Å². The number of hydrogen-bond donors (Lipinski definition) is 0. The molecule has 2 unspecified atom stereocenters. The van der Waals surface area contributed by atoms with Crippen LogP contribution in [-0.2, 0) is 16.1 Å². The smallest absolute Gasteiger partial charge is 0.432 e. The number of nitriles is 1. The average molecular weight is 469 g/mol. The summed E-state index contributed by atoms with van der Waals surface area (Å²) in [6.45, 7) is -0.972. The van der Waals surface area contributed by atoms with Gasteiger partial charge in [-0.15, -0.1) is 0 Å². The number of halogens is 5. The van der Waals surface area contributed by atoms with Crippen LogP contribution in [0.1, 0.15) is 18.9 Å². The predicted molar refractivity (Wildman–Crippen MR) is 108 cm³/mol. The average Bonchev–Trinajstić information content (AvgIpc) is 2.76. The Hall–Kier alpha value is -3.26. The third-order valence-electron chi connectivity index (χ3n) is 5.30. The van der Waals surface area contributed by atoms with Gasteiger partial charge in [-0.2, -0.15) is 18.4 Å². The highest BCUT2D eigenvalue weighted by Crippen LogP contribution is 2.46. The van der Waals surface area contributed by atoms with E-state index in [1.54, 1.807) is 18.2 Å². The van der Waals surface area contributed by atoms with E-state index < -0.39 is 41.6 Å². The molecule has 176 valence electrons. The summed E-state index contributed by atoms with van der Waals surface area (Å²) >= 11 is 0. The Morgan fingerprint density at radius 3 is 2.33 bits per heavy atom. The number of aliphatic imine (C=N–C) groups is 1. The molecule has 11 heteroatoms. The van der Waals surface area contributed by atoms with Crippen LogP contribution in [0.25, 0.3) is 0 Å². The van der Waals surface area contributed by atoms with Gasteiger partial charge >= 0.3 is 6.18 Å². The number of benzene rings is 1. The molecule has 0 N–H and O–H groups in total. The van der Waals surface area contributed by atoms with E-state index in [9.17, 15) is 23.2 Å². The molecule has 0 fully saturated rings. The molecule has 2 aliphatic rings. The van der Waals surface area contributed by atoms with Crippen molar-refractivity contribution >= 4 is 11.6 Å². The molecule has 1 aromatic carbocycles. The van der Waals surface area contributed by atoms with Crippen molar-refractivity contribution in [2.75, 3.05) is 13.8 Å². The van der Waals surface area contributed by atoms with Gasteiger partial charge in [0.25, 0.3) is 17.4 Å². The van der Waals surface area contributed by atoms with Gasteiger partial charge in [-0.1, -0.05) is 30.4 Å². The molecule has 0 aromatic heterocycles. The standard InChI is InChI=1S/C22H20F5N3O3/c1-19(23,24)21(33-20(13-28)10-4-3-5-11-20)17(22(25,26)27)29-14-30(18(21)31)12-15-6-8-16(32-2)9-7-15/h3-10H,11-12,14H2,1-2H3. The third-order valence-corrected chi connectivity index (χ3v) is 5.30. The largest absolute Gasteiger partial charge is 0.497 e. The van der Waals surface area contributed by atoms with E-state index in [1.807, 2.05) is 0 Å². The Morgan fingerprint density at radius 2 is 1.85 bits per heavy atom. The normalized spacial score (nSPS) is 25.6. The van der Waals surface area contributed by atoms with E-state index in [0.29, 0.717) is 11.3 Å². The van der Waals surface area contributed by atoms with Crippen LogP contribution in [-0.4, -0.2) is 53.6 Å². The molecular weight excluding hydrogens is 449 g/mol. The van der Waals surface area contributed by atoms with Crippen molar-refractivity contribution < 1.29 is 36.2 Å². The van der Waals surface area contributed by atoms with Gasteiger partial charge < -0.3 is 14.4 Å². The van der Waals surface area contributed by atoms with Crippen molar-refractivity contribution in [3.63, 3.8) is 0 Å². The van der Waals surface area contributed by atoms with Crippen LogP contribution in [0, 0.1) is 11.3 Å². The van der Waals surface area contributed by atoms with Gasteiger partial charge in [-0.25, -0.2) is 8.78 Å². The summed E-state index contributed by atoms with van der Waals surface area (Å²) in [5, 5.41) is 9.62. The fourth-order valence-corrected chi connectivity index (χ4v) is 3.65. The van der Waals surface area contributed by atoms with E-state index in [4.69, 9.17) is 9.47 Å². The number of ether oxygens (including phenoxy) is 2. The van der Waals surface area contributed by atoms with Gasteiger partial charge in [0.15, 0.2) is 11.3 Å². The summed E-state index contributed by atoms with van der Waals surface area (Å²) in [4.78, 5) is 17.4. The molecule has 0 bridgehead atoms. The molecule has 1 amide bonds. The van der Waals surface area contributed by atoms with Gasteiger partial charge in [0.1, 0.15) is 18.5 Å². The quantitative estimate of drug-likeness (QED) is 0.586. The maximum absolute atomic E-state index is 15.0. The molecule has 1 heterocycles. The monoisotopic (exact) mass is 469 g/mol. The fraction of sp³-hybridized carbons (Fsp3) is 0.409. The van der Waals surface area contributed by atoms with E-state index >= 15 is 8.78 Å². The molecular formula is C22H20F5N3O3. The zero-order chi connectivity index (χ0) is 24.5. The second kappa shape index (κ2) is 8.59. The molecule has 0 radical (unpaired) electrons. The van der Waals surface area contributed by atoms with E-state index in [2.05, 4.69) is 4.99 Å². The van der Waals surface area contributed by atoms with Gasteiger partial charge in [-0.05, 0) is 23.8 Å². The van der Waals surface area contributed by atoms with E-state index in [-0.39, 0.29) is 19.9 Å². The van der Waals surface area contributed by atoms with E-state index in [0.717, 1.165) is 11.0 Å². The Balaban J connectivity index is 2.11. The first-order valence-electron chi connectivity index (χ1n) is 9.76. The molecule has 0 spiro atoms. The van der Waals surface area contributed by atoms with Crippen LogP contribution in [0.4, 0.5) is 22.0 Å². The highest BCUT2D eigenvalue weighted by molar-refractivity contribution is 6.16. The van der Waals surface area contributed by atoms with Crippen molar-refractivity contribution in [1.29, 1.82) is 5.26 Å². The molecule has 1 aliphatic carbocycles. The number of nitrogens with zero attached hydrogens (tertiary/aromatic N) is 3. The van der Waals surface area contributed by atoms with Crippen LogP contribution in [0.15, 0.2) is 53.6 Å². The summed E-state index contributed by atoms with van der Waals surface area (Å²) in [6.07, 6.45) is -0.559. The SMILES string of the molecule is COc1ccc(CN2CN=C(C(F)(F)F)C(OC3(C#N)C=CC=CC3)(C(C)(F)F)C2=O)cc1. The zero-order valence-corrected chi connectivity index (χ0v) is 17.7. The van der Waals surface area contributed by atoms with Gasteiger partial charge in [0.05, 0.1) is 7.11 Å². The minimum Gasteiger partial charge on any atom is -0.497 e. The van der Waals surface area contributed by atoms with Crippen LogP contribution < -0.4 is 4.74 Å². The number of carbonyl (C=O) groups is 1. The summed E-state index contributed by atoms with van der Waals surface area (Å²) < 4.78 is 82.1. The molecule has 6 nitrogen and oxygen atoms in total. The minimum atomic E-state index is -5.41. The van der Waals surface area contributed by atoms with Crippen molar-refractivity contribution in [3.8, 4) is 11.8 Å². The lowest BCUT2D eigenvalue weighted by Gasteiger charge is -2.46. The van der Waals surface area contributed by atoms with Crippen molar-refractivity contribution in [3.05, 3.63) is 54.1 Å². The lowest BCUT2D eigenvalue weighted by atomic mass is 9.84. The third kappa shape index (κ3) is 4.48. The Labute approximate surface area is 186 Å². The number of alkyl halides is 5. The van der Waals surface area contributed by atoms with Crippen molar-refractivity contribution in [2.24, 2.45) is 4.99 Å². The Morgan fingerprint density at radius 1 is 1.18 bits per heavy atom. The highest BCUT2D eigenvalue weighted by atomic mass is 19.4. The molecule has 1 aromatic rings. The number of methoxy groups -OCH3 is 1. The molecule has 1 aliphatic heterocycles. The predicted octanol–water partition coefficient (Wildman–Crippen LogP) is 4.19. The molecule has 0 saturated carbocycles. The number of amides is 1. The summed E-state index contributed by atoms with van der Waals surface area (Å²) in [5.74, 6) is -5.52. The minimum absolute atomic E-state index is 0.149. The lowest BCUT2D eigenvalue weighted by Crippen LogP contribution is -2.71. The molecule has 3 rings (SSSR count). The molecule has 33 heavy (non-hydrogen) atoms. The molecule has 2 atom stereocenters. The Kier molecular flexibility index (Phi) is 6.35. The maximum Gasteiger partial charge on any atom is 0.432 e. The summed E-state index contributed by atoms with van der Waals surface area (Å²) in [5.41, 5.74) is -7.71. The van der Waals surface area contributed by atoms with Gasteiger partial charge in [0, 0.05) is 19.9 Å². The number of carbonyl (C=O) groups excluding carboxylic acids is 1. The second-order valence-electron chi connectivity index (χ2n) is 7.66. The number of rotatable bonds is 6. The fourth-order valence-electron chi connectivity index (χ4n) is 3.65. The lowest BCUT2D eigenvalue weighted by molar-refractivity contribution is -0.217. The van der Waals surface area contributed by atoms with Crippen LogP contribution >= 0.6 is 0 Å². The van der Waals surface area contributed by atoms with Crippen LogP contribution in [0.5, 0.6) is 5.75 Å². The summed E-state index contributed by atoms with van der Waals surface area (Å²) in [6, 6.07) is 7.80. The maximum atomic E-state index is 15.0. The Bertz CT molecular complexity index is 1040. The first-order valence-corrected chi connectivity index (χ1v) is 9.76. The highest BCUT2D eigenvalue weighted by Gasteiger charge is 2.71. The first kappa shape index (κ1) is 24.4. The van der Waals surface area contributed by atoms with Gasteiger partial charge in [0.2, 0.25) is 0 Å². The zero-order valence-electron chi connectivity index (χ0n) is 17.7. The van der Waals surface area contributed by atoms with Crippen molar-refractivity contribution in [1.82, 2.24) is 4.90 Å². The van der Waals surface area contributed by atoms with Crippen LogP contribution in [0.3, 0.4) is 0 Å². The van der Waals surface area contributed by atoms with Crippen LogP contribution in [0.2, 0.25) is 0 Å². The second-order valence-corrected chi connectivity index (χ2v) is 7.66. The first-order chi connectivity index (χ1) is 15.4. The van der Waals surface area contributed by atoms with E-state index in [1.165, 1.54) is 37.5 Å². The number of allylic oxidation sites excluding steroid dienone is 2. The van der Waals surface area contributed by atoms with Crippen molar-refractivity contribution in [2.45, 2.75) is 43.2 Å². The molecule has 0 saturated heterocycles.